The van der Waals surface area contributed by atoms with Crippen molar-refractivity contribution in [2.45, 2.75) is 54.0 Å². The zero-order valence-corrected chi connectivity index (χ0v) is 23.1. The van der Waals surface area contributed by atoms with Gasteiger partial charge in [0.15, 0.2) is 0 Å². The van der Waals surface area contributed by atoms with Gasteiger partial charge in [-0.05, 0) is 72.7 Å². The van der Waals surface area contributed by atoms with Gasteiger partial charge in [0.05, 0.1) is 17.1 Å². The van der Waals surface area contributed by atoms with Crippen LogP contribution in [0.1, 0.15) is 54.6 Å². The van der Waals surface area contributed by atoms with Gasteiger partial charge < -0.3 is 4.57 Å². The highest BCUT2D eigenvalue weighted by atomic mass is 16.2. The molecule has 38 heavy (non-hydrogen) atoms. The number of amides is 1. The van der Waals surface area contributed by atoms with Gasteiger partial charge in [-0.2, -0.15) is 0 Å². The maximum Gasteiger partial charge on any atom is 0.246 e. The second kappa shape index (κ2) is 9.97. The van der Waals surface area contributed by atoms with Gasteiger partial charge in [-0.15, -0.1) is 0 Å². The molecule has 2 aromatic heterocycles. The molecular weight excluding hydrogens is 468 g/mol. The summed E-state index contributed by atoms with van der Waals surface area (Å²) in [4.78, 5) is 18.3. The summed E-state index contributed by atoms with van der Waals surface area (Å²) in [5, 5.41) is 2.46. The van der Waals surface area contributed by atoms with E-state index in [1.807, 2.05) is 30.3 Å². The van der Waals surface area contributed by atoms with Gasteiger partial charge in [0.1, 0.15) is 5.65 Å². The third-order valence-electron chi connectivity index (χ3n) is 7.18. The third-order valence-corrected chi connectivity index (χ3v) is 7.18. The van der Waals surface area contributed by atoms with Gasteiger partial charge in [-0.3, -0.25) is 15.6 Å². The van der Waals surface area contributed by atoms with Crippen LogP contribution in [0.25, 0.3) is 21.9 Å². The van der Waals surface area contributed by atoms with Gasteiger partial charge in [-0.1, -0.05) is 75.4 Å². The third kappa shape index (κ3) is 5.01. The Balaban J connectivity index is 1.46. The molecule has 5 rings (SSSR count). The number of hydrogen-bond acceptors (Lipinski definition) is 3. The summed E-state index contributed by atoms with van der Waals surface area (Å²) >= 11 is 0. The first-order valence-electron chi connectivity index (χ1n) is 13.2. The molecular formula is C33H36N4O. The lowest BCUT2D eigenvalue weighted by atomic mass is 9.76. The highest BCUT2D eigenvalue weighted by Crippen LogP contribution is 2.36. The van der Waals surface area contributed by atoms with Crippen LogP contribution in [0, 0.1) is 26.2 Å². The first-order chi connectivity index (χ1) is 18.1. The molecule has 1 atom stereocenters. The molecule has 0 spiro atoms. The Hall–Kier alpha value is -4.12. The molecule has 1 amide bonds. The Morgan fingerprint density at radius 1 is 0.921 bits per heavy atom. The van der Waals surface area contributed by atoms with E-state index in [1.54, 1.807) is 0 Å². The molecule has 0 aliphatic heterocycles. The van der Waals surface area contributed by atoms with Crippen molar-refractivity contribution in [3.05, 3.63) is 107 Å². The van der Waals surface area contributed by atoms with Gasteiger partial charge in [0.25, 0.3) is 0 Å². The fourth-order valence-corrected chi connectivity index (χ4v) is 5.47. The predicted molar refractivity (Wildman–Crippen MR) is 157 cm³/mol. The number of aromatic nitrogens is 2. The van der Waals surface area contributed by atoms with Crippen molar-refractivity contribution < 1.29 is 4.79 Å². The zero-order valence-electron chi connectivity index (χ0n) is 23.1. The van der Waals surface area contributed by atoms with E-state index in [4.69, 9.17) is 4.98 Å². The lowest BCUT2D eigenvalue weighted by molar-refractivity contribution is -0.124. The molecule has 5 nitrogen and oxygen atoms in total. The Kier molecular flexibility index (Phi) is 6.70. The van der Waals surface area contributed by atoms with E-state index in [9.17, 15) is 4.79 Å². The molecule has 0 radical (unpaired) electrons. The van der Waals surface area contributed by atoms with Crippen molar-refractivity contribution in [1.29, 1.82) is 0 Å². The minimum Gasteiger partial charge on any atom is -0.321 e. The van der Waals surface area contributed by atoms with Gasteiger partial charge >= 0.3 is 0 Å². The van der Waals surface area contributed by atoms with Crippen LogP contribution >= 0.6 is 0 Å². The minimum absolute atomic E-state index is 0.0536. The summed E-state index contributed by atoms with van der Waals surface area (Å²) in [6, 6.07) is 26.9. The average molecular weight is 505 g/mol. The fourth-order valence-electron chi connectivity index (χ4n) is 5.47. The second-order valence-electron chi connectivity index (χ2n) is 11.4. The molecule has 0 saturated carbocycles. The topological polar surface area (TPSA) is 59.0 Å². The quantitative estimate of drug-likeness (QED) is 0.236. The number of hydrogen-bond donors (Lipinski definition) is 2. The number of anilines is 1. The maximum absolute atomic E-state index is 13.3. The largest absolute Gasteiger partial charge is 0.321 e. The van der Waals surface area contributed by atoms with E-state index in [0.29, 0.717) is 6.54 Å². The molecule has 0 fully saturated rings. The lowest BCUT2D eigenvalue weighted by Crippen LogP contribution is -2.39. The molecule has 0 aliphatic carbocycles. The summed E-state index contributed by atoms with van der Waals surface area (Å²) < 4.78 is 2.32. The van der Waals surface area contributed by atoms with Crippen molar-refractivity contribution >= 4 is 33.5 Å². The van der Waals surface area contributed by atoms with Crippen LogP contribution < -0.4 is 10.9 Å². The van der Waals surface area contributed by atoms with Crippen molar-refractivity contribution in [2.24, 2.45) is 5.41 Å². The summed E-state index contributed by atoms with van der Waals surface area (Å²) in [5.41, 5.74) is 14.4. The Bertz CT molecular complexity index is 1610. The van der Waals surface area contributed by atoms with Gasteiger partial charge in [-0.25, -0.2) is 4.98 Å². The molecule has 2 heterocycles. The number of rotatable bonds is 6. The van der Waals surface area contributed by atoms with E-state index < -0.39 is 0 Å². The number of nitrogens with zero attached hydrogens (tertiary/aromatic N) is 2. The molecule has 3 aromatic carbocycles. The molecule has 1 unspecified atom stereocenters. The summed E-state index contributed by atoms with van der Waals surface area (Å²) in [5.74, 6) is -0.363. The SMILES string of the molecule is Cc1ccc2c3c(C)cc(C)nc3n(Cc3ccc(C(C(=O)NNc4ccccc4)C(C)(C)C)cc3)c2c1. The van der Waals surface area contributed by atoms with Crippen LogP contribution in [0.4, 0.5) is 5.69 Å². The highest BCUT2D eigenvalue weighted by Gasteiger charge is 2.33. The van der Waals surface area contributed by atoms with Crippen LogP contribution in [-0.4, -0.2) is 15.5 Å². The number of para-hydroxylation sites is 1. The molecule has 0 saturated heterocycles. The van der Waals surface area contributed by atoms with Crippen LogP contribution in [0.5, 0.6) is 0 Å². The molecule has 2 N–H and O–H groups in total. The van der Waals surface area contributed by atoms with Crippen molar-refractivity contribution in [1.82, 2.24) is 15.0 Å². The molecule has 5 aromatic rings. The zero-order chi connectivity index (χ0) is 27.0. The number of benzene rings is 3. The number of nitrogens with one attached hydrogen (secondary N) is 2. The van der Waals surface area contributed by atoms with Crippen LogP contribution in [0.2, 0.25) is 0 Å². The van der Waals surface area contributed by atoms with Crippen LogP contribution in [0.15, 0.2) is 78.9 Å². The first kappa shape index (κ1) is 25.5. The number of hydrazine groups is 1. The predicted octanol–water partition coefficient (Wildman–Crippen LogP) is 7.44. The van der Waals surface area contributed by atoms with Crippen molar-refractivity contribution in [2.75, 3.05) is 5.43 Å². The van der Waals surface area contributed by atoms with Crippen molar-refractivity contribution in [3.8, 4) is 0 Å². The molecule has 5 heteroatoms. The molecule has 0 aliphatic rings. The Morgan fingerprint density at radius 3 is 2.32 bits per heavy atom. The van der Waals surface area contributed by atoms with Crippen LogP contribution in [-0.2, 0) is 11.3 Å². The number of pyridine rings is 1. The van der Waals surface area contributed by atoms with Gasteiger partial charge in [0.2, 0.25) is 5.91 Å². The highest BCUT2D eigenvalue weighted by molar-refractivity contribution is 6.08. The molecule has 0 bridgehead atoms. The Morgan fingerprint density at radius 2 is 1.63 bits per heavy atom. The number of aryl methyl sites for hydroxylation is 3. The summed E-state index contributed by atoms with van der Waals surface area (Å²) in [7, 11) is 0. The monoisotopic (exact) mass is 504 g/mol. The van der Waals surface area contributed by atoms with E-state index in [-0.39, 0.29) is 17.2 Å². The van der Waals surface area contributed by atoms with E-state index >= 15 is 0 Å². The summed E-state index contributed by atoms with van der Waals surface area (Å²) in [6.45, 7) is 13.4. The normalized spacial score (nSPS) is 12.6. The smallest absolute Gasteiger partial charge is 0.246 e. The van der Waals surface area contributed by atoms with Gasteiger partial charge in [0, 0.05) is 23.0 Å². The standard InChI is InChI=1S/C33H36N4O/c1-21-12-17-27-28(18-21)37(31-29(27)22(2)19-23(3)34-31)20-24-13-15-25(16-14-24)30(33(4,5)6)32(38)36-35-26-10-8-7-9-11-26/h7-19,30,35H,20H2,1-6H3,(H,36,38). The van der Waals surface area contributed by atoms with E-state index in [0.717, 1.165) is 22.6 Å². The number of fused-ring (bicyclic) bond motifs is 3. The molecule has 194 valence electrons. The number of carbonyl (C=O) groups excluding carboxylic acids is 1. The first-order valence-corrected chi connectivity index (χ1v) is 13.2. The average Bonchev–Trinajstić information content (AvgIpc) is 3.16. The van der Waals surface area contributed by atoms with Crippen LogP contribution in [0.3, 0.4) is 0 Å². The Labute approximate surface area is 224 Å². The van der Waals surface area contributed by atoms with E-state index in [1.165, 1.54) is 33.0 Å². The number of carbonyl (C=O) groups is 1. The lowest BCUT2D eigenvalue weighted by Gasteiger charge is -2.30. The summed E-state index contributed by atoms with van der Waals surface area (Å²) in [6.07, 6.45) is 0. The maximum atomic E-state index is 13.3. The van der Waals surface area contributed by atoms with Crippen molar-refractivity contribution in [3.63, 3.8) is 0 Å². The fraction of sp³-hybridized carbons (Fsp3) is 0.273. The minimum atomic E-state index is -0.310. The second-order valence-corrected chi connectivity index (χ2v) is 11.4. The van der Waals surface area contributed by atoms with E-state index in [2.05, 4.69) is 105 Å².